The molecule has 0 aliphatic carbocycles. The van der Waals surface area contributed by atoms with E-state index in [-0.39, 0.29) is 29.7 Å². The van der Waals surface area contributed by atoms with E-state index in [4.69, 9.17) is 0 Å². The molecule has 2 aromatic rings. The number of hydrogen-bond donors (Lipinski definition) is 2. The van der Waals surface area contributed by atoms with Crippen molar-refractivity contribution in [3.8, 4) is 0 Å². The summed E-state index contributed by atoms with van der Waals surface area (Å²) in [5.74, 6) is 0.744. The lowest BCUT2D eigenvalue weighted by molar-refractivity contribution is 0.592. The summed E-state index contributed by atoms with van der Waals surface area (Å²) in [4.78, 5) is 10.2. The van der Waals surface area contributed by atoms with Crippen LogP contribution < -0.4 is 10.6 Å². The predicted molar refractivity (Wildman–Crippen MR) is 118 cm³/mol. The lowest BCUT2D eigenvalue weighted by Crippen LogP contribution is -2.37. The van der Waals surface area contributed by atoms with E-state index in [1.165, 1.54) is 4.88 Å². The van der Waals surface area contributed by atoms with Crippen molar-refractivity contribution in [2.24, 2.45) is 4.99 Å². The molecule has 2 rings (SSSR count). The van der Waals surface area contributed by atoms with Gasteiger partial charge >= 0.3 is 0 Å². The van der Waals surface area contributed by atoms with Gasteiger partial charge in [-0.15, -0.1) is 35.3 Å². The third-order valence-electron chi connectivity index (χ3n) is 3.69. The molecule has 0 aliphatic rings. The van der Waals surface area contributed by atoms with Crippen molar-refractivity contribution >= 4 is 51.1 Å². The number of sulfone groups is 1. The fourth-order valence-corrected chi connectivity index (χ4v) is 4.41. The van der Waals surface area contributed by atoms with Crippen molar-refractivity contribution in [1.82, 2.24) is 15.6 Å². The Hall–Kier alpha value is -1.20. The van der Waals surface area contributed by atoms with Gasteiger partial charge in [0.1, 0.15) is 5.01 Å². The van der Waals surface area contributed by atoms with Crippen molar-refractivity contribution in [3.05, 3.63) is 45.9 Å². The average molecular weight is 508 g/mol. The average Bonchev–Trinajstić information content (AvgIpc) is 2.93. The first-order chi connectivity index (χ1) is 11.9. The highest BCUT2D eigenvalue weighted by molar-refractivity contribution is 14.0. The molecule has 26 heavy (non-hydrogen) atoms. The van der Waals surface area contributed by atoms with Gasteiger partial charge in [0.2, 0.25) is 0 Å². The number of aliphatic imine (C=N–C) groups is 1. The first kappa shape index (κ1) is 22.8. The number of nitrogens with one attached hydrogen (secondary N) is 2. The highest BCUT2D eigenvalue weighted by Crippen LogP contribution is 2.15. The molecule has 0 unspecified atom stereocenters. The van der Waals surface area contributed by atoms with E-state index in [1.807, 2.05) is 13.0 Å². The van der Waals surface area contributed by atoms with Crippen LogP contribution in [-0.2, 0) is 16.4 Å². The van der Waals surface area contributed by atoms with E-state index in [0.717, 1.165) is 10.7 Å². The van der Waals surface area contributed by atoms with E-state index in [1.54, 1.807) is 42.6 Å². The van der Waals surface area contributed by atoms with Crippen LogP contribution in [-0.4, -0.2) is 38.7 Å². The molecule has 1 aromatic carbocycles. The standard InChI is InChI=1S/C17H24N4O2S2.HI/c1-13-14(2)24-16(21-13)12-20-17(18-3)19-10-7-11-25(22,23)15-8-5-4-6-9-15;/h4-6,8-9H,7,10-12H2,1-3H3,(H2,18,19,20);1H. The fourth-order valence-electron chi connectivity index (χ4n) is 2.21. The molecule has 0 radical (unpaired) electrons. The highest BCUT2D eigenvalue weighted by atomic mass is 127. The van der Waals surface area contributed by atoms with Crippen molar-refractivity contribution in [1.29, 1.82) is 0 Å². The van der Waals surface area contributed by atoms with Crippen LogP contribution in [0.4, 0.5) is 0 Å². The highest BCUT2D eigenvalue weighted by Gasteiger charge is 2.13. The number of aromatic nitrogens is 1. The van der Waals surface area contributed by atoms with Crippen LogP contribution >= 0.6 is 35.3 Å². The summed E-state index contributed by atoms with van der Waals surface area (Å²) in [6.07, 6.45) is 0.507. The number of aryl methyl sites for hydroxylation is 2. The fraction of sp³-hybridized carbons (Fsp3) is 0.412. The summed E-state index contributed by atoms with van der Waals surface area (Å²) in [7, 11) is -1.54. The maximum absolute atomic E-state index is 12.2. The van der Waals surface area contributed by atoms with E-state index < -0.39 is 9.84 Å². The number of halogens is 1. The minimum Gasteiger partial charge on any atom is -0.356 e. The van der Waals surface area contributed by atoms with E-state index in [9.17, 15) is 8.42 Å². The molecule has 0 spiro atoms. The molecule has 0 saturated heterocycles. The predicted octanol–water partition coefficient (Wildman–Crippen LogP) is 2.91. The third-order valence-corrected chi connectivity index (χ3v) is 6.58. The third kappa shape index (κ3) is 6.84. The van der Waals surface area contributed by atoms with Crippen LogP contribution in [0, 0.1) is 13.8 Å². The molecule has 1 heterocycles. The SMILES string of the molecule is CN=C(NCCCS(=O)(=O)c1ccccc1)NCc1nc(C)c(C)s1.I. The summed E-state index contributed by atoms with van der Waals surface area (Å²) in [5.41, 5.74) is 1.05. The van der Waals surface area contributed by atoms with Gasteiger partial charge in [0.05, 0.1) is 22.9 Å². The molecule has 0 atom stereocenters. The zero-order valence-electron chi connectivity index (χ0n) is 15.2. The quantitative estimate of drug-likeness (QED) is 0.260. The number of rotatable bonds is 7. The minimum atomic E-state index is -3.23. The molecule has 6 nitrogen and oxygen atoms in total. The molecule has 2 N–H and O–H groups in total. The van der Waals surface area contributed by atoms with Crippen LogP contribution in [0.25, 0.3) is 0 Å². The summed E-state index contributed by atoms with van der Waals surface area (Å²) in [6.45, 7) is 5.18. The van der Waals surface area contributed by atoms with Gasteiger partial charge < -0.3 is 10.6 Å². The van der Waals surface area contributed by atoms with Gasteiger partial charge in [0, 0.05) is 18.5 Å². The molecule has 0 bridgehead atoms. The number of hydrogen-bond acceptors (Lipinski definition) is 5. The van der Waals surface area contributed by atoms with Gasteiger partial charge in [-0.2, -0.15) is 0 Å². The largest absolute Gasteiger partial charge is 0.356 e. The van der Waals surface area contributed by atoms with Crippen molar-refractivity contribution in [2.75, 3.05) is 19.3 Å². The van der Waals surface area contributed by atoms with Gasteiger partial charge in [-0.25, -0.2) is 13.4 Å². The van der Waals surface area contributed by atoms with Crippen molar-refractivity contribution in [3.63, 3.8) is 0 Å². The number of guanidine groups is 1. The van der Waals surface area contributed by atoms with Crippen LogP contribution in [0.2, 0.25) is 0 Å². The molecule has 0 fully saturated rings. The number of nitrogens with zero attached hydrogens (tertiary/aromatic N) is 2. The minimum absolute atomic E-state index is 0. The second-order valence-corrected chi connectivity index (χ2v) is 8.98. The van der Waals surface area contributed by atoms with Crippen molar-refractivity contribution in [2.45, 2.75) is 31.7 Å². The molecule has 0 amide bonds. The summed E-state index contributed by atoms with van der Waals surface area (Å²) in [5, 5.41) is 7.33. The Labute approximate surface area is 176 Å². The Balaban J connectivity index is 0.00000338. The maximum atomic E-state index is 12.2. The summed E-state index contributed by atoms with van der Waals surface area (Å²) in [6, 6.07) is 8.53. The number of thiazole rings is 1. The Morgan fingerprint density at radius 2 is 1.88 bits per heavy atom. The van der Waals surface area contributed by atoms with Gasteiger partial charge in [0.25, 0.3) is 0 Å². The monoisotopic (exact) mass is 508 g/mol. The molecule has 0 saturated carbocycles. The van der Waals surface area contributed by atoms with Crippen LogP contribution in [0.5, 0.6) is 0 Å². The molecule has 1 aromatic heterocycles. The second kappa shape index (κ2) is 10.8. The Morgan fingerprint density at radius 3 is 2.46 bits per heavy atom. The smallest absolute Gasteiger partial charge is 0.191 e. The summed E-state index contributed by atoms with van der Waals surface area (Å²) < 4.78 is 24.4. The molecular formula is C17H25IN4O2S2. The second-order valence-electron chi connectivity index (χ2n) is 5.59. The Morgan fingerprint density at radius 1 is 1.19 bits per heavy atom. The molecular weight excluding hydrogens is 483 g/mol. The van der Waals surface area contributed by atoms with Gasteiger partial charge in [-0.05, 0) is 32.4 Å². The van der Waals surface area contributed by atoms with E-state index in [2.05, 4.69) is 27.5 Å². The Bertz CT molecular complexity index is 801. The van der Waals surface area contributed by atoms with E-state index in [0.29, 0.717) is 30.4 Å². The number of benzene rings is 1. The van der Waals surface area contributed by atoms with Crippen LogP contribution in [0.3, 0.4) is 0 Å². The lowest BCUT2D eigenvalue weighted by Gasteiger charge is -2.11. The van der Waals surface area contributed by atoms with Crippen molar-refractivity contribution < 1.29 is 8.42 Å². The zero-order valence-corrected chi connectivity index (χ0v) is 19.1. The first-order valence-corrected chi connectivity index (χ1v) is 10.5. The van der Waals surface area contributed by atoms with Crippen LogP contribution in [0.1, 0.15) is 22.0 Å². The Kier molecular flexibility index (Phi) is 9.51. The van der Waals surface area contributed by atoms with Crippen LogP contribution in [0.15, 0.2) is 40.2 Å². The summed E-state index contributed by atoms with van der Waals surface area (Å²) >= 11 is 1.66. The maximum Gasteiger partial charge on any atom is 0.191 e. The molecule has 0 aliphatic heterocycles. The molecule has 9 heteroatoms. The van der Waals surface area contributed by atoms with Gasteiger partial charge in [-0.3, -0.25) is 4.99 Å². The normalized spacial score (nSPS) is 11.7. The van der Waals surface area contributed by atoms with Gasteiger partial charge in [0.15, 0.2) is 15.8 Å². The zero-order chi connectivity index (χ0) is 18.3. The lowest BCUT2D eigenvalue weighted by atomic mass is 10.4. The van der Waals surface area contributed by atoms with E-state index >= 15 is 0 Å². The molecule has 144 valence electrons. The van der Waals surface area contributed by atoms with Gasteiger partial charge in [-0.1, -0.05) is 18.2 Å². The first-order valence-electron chi connectivity index (χ1n) is 8.07. The topological polar surface area (TPSA) is 83.5 Å².